The van der Waals surface area contributed by atoms with Crippen molar-refractivity contribution >= 4 is 40.1 Å². The van der Waals surface area contributed by atoms with E-state index in [0.717, 1.165) is 22.5 Å². The number of nitrogens with one attached hydrogen (secondary N) is 2. The molecule has 2 N–H and O–H groups in total. The van der Waals surface area contributed by atoms with E-state index in [1.165, 1.54) is 17.3 Å². The second-order valence-electron chi connectivity index (χ2n) is 6.40. The van der Waals surface area contributed by atoms with Gasteiger partial charge in [-0.3, -0.25) is 9.59 Å². The van der Waals surface area contributed by atoms with Crippen LogP contribution >= 0.6 is 11.8 Å². The van der Waals surface area contributed by atoms with Gasteiger partial charge in [0.05, 0.1) is 5.69 Å². The molecule has 0 spiro atoms. The predicted molar refractivity (Wildman–Crippen MR) is 107 cm³/mol. The van der Waals surface area contributed by atoms with Crippen molar-refractivity contribution < 1.29 is 9.59 Å². The van der Waals surface area contributed by atoms with Gasteiger partial charge >= 0.3 is 0 Å². The number of benzene rings is 2. The number of hydrogen-bond donors (Lipinski definition) is 2. The molecule has 1 aliphatic rings. The van der Waals surface area contributed by atoms with E-state index in [4.69, 9.17) is 0 Å². The molecular formula is C20H21N3O2S. The molecule has 0 radical (unpaired) electrons. The Hall–Kier alpha value is -2.60. The maximum absolute atomic E-state index is 12.6. The molecule has 5 nitrogen and oxygen atoms in total. The lowest BCUT2D eigenvalue weighted by atomic mass is 10.1. The highest BCUT2D eigenvalue weighted by Crippen LogP contribution is 2.25. The van der Waals surface area contributed by atoms with Gasteiger partial charge in [0.1, 0.15) is 5.25 Å². The van der Waals surface area contributed by atoms with E-state index in [2.05, 4.69) is 15.6 Å². The van der Waals surface area contributed by atoms with Gasteiger partial charge < -0.3 is 10.6 Å². The van der Waals surface area contributed by atoms with Gasteiger partial charge in [-0.15, -0.1) is 0 Å². The van der Waals surface area contributed by atoms with Crippen molar-refractivity contribution in [1.29, 1.82) is 0 Å². The van der Waals surface area contributed by atoms with Crippen molar-refractivity contribution in [3.05, 3.63) is 59.2 Å². The summed E-state index contributed by atoms with van der Waals surface area (Å²) in [6, 6.07) is 13.5. The fourth-order valence-corrected chi connectivity index (χ4v) is 3.52. The van der Waals surface area contributed by atoms with Gasteiger partial charge in [0.15, 0.2) is 5.17 Å². The number of hydrogen-bond acceptors (Lipinski definition) is 4. The lowest BCUT2D eigenvalue weighted by Crippen LogP contribution is -2.41. The average Bonchev–Trinajstić information content (AvgIpc) is 2.60. The summed E-state index contributed by atoms with van der Waals surface area (Å²) >= 11 is 1.27. The van der Waals surface area contributed by atoms with Crippen LogP contribution in [0.2, 0.25) is 0 Å². The van der Waals surface area contributed by atoms with Crippen molar-refractivity contribution in [1.82, 2.24) is 5.32 Å². The third-order valence-corrected chi connectivity index (χ3v) is 5.28. The molecule has 0 unspecified atom stereocenters. The van der Waals surface area contributed by atoms with Crippen molar-refractivity contribution in [3.63, 3.8) is 0 Å². The quantitative estimate of drug-likeness (QED) is 0.865. The van der Waals surface area contributed by atoms with E-state index in [1.807, 2.05) is 63.2 Å². The normalized spacial score (nSPS) is 18.5. The molecule has 1 atom stereocenters. The largest absolute Gasteiger partial charge is 0.325 e. The molecule has 2 aromatic carbocycles. The highest BCUT2D eigenvalue weighted by Gasteiger charge is 2.30. The number of aryl methyl sites for hydroxylation is 3. The van der Waals surface area contributed by atoms with Crippen LogP contribution < -0.4 is 10.6 Å². The zero-order chi connectivity index (χ0) is 18.7. The molecule has 1 heterocycles. The molecule has 2 aromatic rings. The molecular weight excluding hydrogens is 346 g/mol. The molecule has 1 saturated heterocycles. The van der Waals surface area contributed by atoms with Crippen LogP contribution in [0, 0.1) is 20.8 Å². The van der Waals surface area contributed by atoms with Gasteiger partial charge in [-0.1, -0.05) is 35.5 Å². The minimum absolute atomic E-state index is 0.133. The first-order chi connectivity index (χ1) is 12.4. The van der Waals surface area contributed by atoms with Gasteiger partial charge in [0.2, 0.25) is 11.8 Å². The Kier molecular flexibility index (Phi) is 5.42. The predicted octanol–water partition coefficient (Wildman–Crippen LogP) is 3.86. The first kappa shape index (κ1) is 18.2. The summed E-state index contributed by atoms with van der Waals surface area (Å²) in [7, 11) is 0. The zero-order valence-corrected chi connectivity index (χ0v) is 15.8. The standard InChI is InChI=1S/C20H21N3O2S/c1-12-4-7-15(8-5-12)22-20-23-18(24)11-17(26-20)19(25)21-16-9-6-13(2)14(3)10-16/h4-10,17H,11H2,1-3H3,(H,21,25)(H,22,23,24)/t17-/m1/s1. The fourth-order valence-electron chi connectivity index (χ4n) is 2.52. The number of nitrogens with zero attached hydrogens (tertiary/aromatic N) is 1. The molecule has 0 saturated carbocycles. The second kappa shape index (κ2) is 7.74. The first-order valence-electron chi connectivity index (χ1n) is 8.41. The Morgan fingerprint density at radius 3 is 2.54 bits per heavy atom. The molecule has 0 aliphatic carbocycles. The lowest BCUT2D eigenvalue weighted by molar-refractivity contribution is -0.123. The number of amidine groups is 1. The highest BCUT2D eigenvalue weighted by atomic mass is 32.2. The number of carbonyl (C=O) groups is 2. The summed E-state index contributed by atoms with van der Waals surface area (Å²) in [5, 5.41) is 5.58. The zero-order valence-electron chi connectivity index (χ0n) is 15.0. The second-order valence-corrected chi connectivity index (χ2v) is 7.59. The summed E-state index contributed by atoms with van der Waals surface area (Å²) in [4.78, 5) is 29.0. The third-order valence-electron chi connectivity index (χ3n) is 4.20. The molecule has 26 heavy (non-hydrogen) atoms. The number of thioether (sulfide) groups is 1. The highest BCUT2D eigenvalue weighted by molar-refractivity contribution is 8.15. The fraction of sp³-hybridized carbons (Fsp3) is 0.250. The SMILES string of the molecule is Cc1ccc(N=C2NC(=O)C[C@H](C(=O)Nc3ccc(C)c(C)c3)S2)cc1. The summed E-state index contributed by atoms with van der Waals surface area (Å²) < 4.78 is 0. The number of carbonyl (C=O) groups excluding carboxylic acids is 2. The van der Waals surface area contributed by atoms with E-state index in [9.17, 15) is 9.59 Å². The van der Waals surface area contributed by atoms with Crippen LogP contribution in [-0.4, -0.2) is 22.2 Å². The Bertz CT molecular complexity index is 875. The monoisotopic (exact) mass is 367 g/mol. The smallest absolute Gasteiger partial charge is 0.238 e. The van der Waals surface area contributed by atoms with Crippen molar-refractivity contribution in [2.45, 2.75) is 32.4 Å². The van der Waals surface area contributed by atoms with E-state index in [0.29, 0.717) is 5.17 Å². The maximum atomic E-state index is 12.6. The van der Waals surface area contributed by atoms with Crippen LogP contribution in [0.1, 0.15) is 23.1 Å². The van der Waals surface area contributed by atoms with Crippen LogP contribution in [0.25, 0.3) is 0 Å². The van der Waals surface area contributed by atoms with Crippen LogP contribution in [0.3, 0.4) is 0 Å². The van der Waals surface area contributed by atoms with Crippen LogP contribution in [0.5, 0.6) is 0 Å². The molecule has 0 bridgehead atoms. The van der Waals surface area contributed by atoms with Gasteiger partial charge in [0, 0.05) is 12.1 Å². The maximum Gasteiger partial charge on any atom is 0.238 e. The van der Waals surface area contributed by atoms with E-state index in [1.54, 1.807) is 0 Å². The Morgan fingerprint density at radius 2 is 1.85 bits per heavy atom. The lowest BCUT2D eigenvalue weighted by Gasteiger charge is -2.22. The number of amides is 2. The first-order valence-corrected chi connectivity index (χ1v) is 9.28. The summed E-state index contributed by atoms with van der Waals surface area (Å²) in [5.41, 5.74) is 4.90. The summed E-state index contributed by atoms with van der Waals surface area (Å²) in [5.74, 6) is -0.389. The molecule has 3 rings (SSSR count). The summed E-state index contributed by atoms with van der Waals surface area (Å²) in [6.45, 7) is 6.03. The topological polar surface area (TPSA) is 70.6 Å². The van der Waals surface area contributed by atoms with Gasteiger partial charge in [-0.2, -0.15) is 0 Å². The minimum Gasteiger partial charge on any atom is -0.325 e. The Morgan fingerprint density at radius 1 is 1.12 bits per heavy atom. The Balaban J connectivity index is 1.72. The number of anilines is 1. The molecule has 1 aliphatic heterocycles. The molecule has 6 heteroatoms. The molecule has 0 aromatic heterocycles. The van der Waals surface area contributed by atoms with Crippen LogP contribution in [0.15, 0.2) is 47.5 Å². The van der Waals surface area contributed by atoms with Crippen molar-refractivity contribution in [3.8, 4) is 0 Å². The van der Waals surface area contributed by atoms with Gasteiger partial charge in [0.25, 0.3) is 0 Å². The number of rotatable bonds is 3. The van der Waals surface area contributed by atoms with Gasteiger partial charge in [-0.25, -0.2) is 4.99 Å². The van der Waals surface area contributed by atoms with Crippen LogP contribution in [0.4, 0.5) is 11.4 Å². The third kappa shape index (κ3) is 4.52. The number of aliphatic imine (C=N–C) groups is 1. The molecule has 1 fully saturated rings. The van der Waals surface area contributed by atoms with E-state index < -0.39 is 5.25 Å². The van der Waals surface area contributed by atoms with Gasteiger partial charge in [-0.05, 0) is 56.2 Å². The van der Waals surface area contributed by atoms with Crippen molar-refractivity contribution in [2.75, 3.05) is 5.32 Å². The summed E-state index contributed by atoms with van der Waals surface area (Å²) in [6.07, 6.45) is 0.133. The Labute approximate surface area is 157 Å². The molecule has 134 valence electrons. The average molecular weight is 367 g/mol. The minimum atomic E-state index is -0.505. The van der Waals surface area contributed by atoms with Crippen molar-refractivity contribution in [2.24, 2.45) is 4.99 Å². The van der Waals surface area contributed by atoms with E-state index >= 15 is 0 Å². The molecule has 2 amide bonds. The van der Waals surface area contributed by atoms with E-state index in [-0.39, 0.29) is 18.2 Å². The van der Waals surface area contributed by atoms with Crippen LogP contribution in [-0.2, 0) is 9.59 Å².